The third kappa shape index (κ3) is 1.91. The molecule has 4 aliphatic carbocycles. The van der Waals surface area contributed by atoms with Crippen LogP contribution in [0.4, 0.5) is 0 Å². The van der Waals surface area contributed by atoms with Gasteiger partial charge in [-0.1, -0.05) is 13.8 Å². The van der Waals surface area contributed by atoms with E-state index in [9.17, 15) is 9.90 Å². The minimum absolute atomic E-state index is 0.00831. The summed E-state index contributed by atoms with van der Waals surface area (Å²) in [5.41, 5.74) is 0.910. The molecule has 21 heavy (non-hydrogen) atoms. The monoisotopic (exact) mass is 286 g/mol. The largest absolute Gasteiger partial charge is 0.477 e. The third-order valence-corrected chi connectivity index (χ3v) is 5.98. The minimum Gasteiger partial charge on any atom is -0.477 e. The van der Waals surface area contributed by atoms with Gasteiger partial charge in [-0.3, -0.25) is 0 Å². The van der Waals surface area contributed by atoms with Gasteiger partial charge >= 0.3 is 5.97 Å². The lowest BCUT2D eigenvalue weighted by Gasteiger charge is -2.64. The second-order valence-corrected chi connectivity index (χ2v) is 8.48. The predicted octanol–water partition coefficient (Wildman–Crippen LogP) is 3.42. The van der Waals surface area contributed by atoms with Crippen LogP contribution in [0.1, 0.15) is 68.7 Å². The van der Waals surface area contributed by atoms with Gasteiger partial charge in [0, 0.05) is 11.6 Å². The zero-order valence-corrected chi connectivity index (χ0v) is 12.7. The number of hydrogen-bond acceptors (Lipinski definition) is 3. The molecule has 4 saturated carbocycles. The third-order valence-electron chi connectivity index (χ3n) is 5.98. The maximum atomic E-state index is 11.2. The van der Waals surface area contributed by atoms with Gasteiger partial charge < -0.3 is 5.11 Å². The van der Waals surface area contributed by atoms with Crippen molar-refractivity contribution in [3.63, 3.8) is 0 Å². The molecule has 112 valence electrons. The summed E-state index contributed by atoms with van der Waals surface area (Å²) in [6.45, 7) is 4.82. The van der Waals surface area contributed by atoms with Crippen LogP contribution in [0.3, 0.4) is 0 Å². The predicted molar refractivity (Wildman–Crippen MR) is 78.1 cm³/mol. The standard InChI is InChI=1S/C17H22N2O2/c1-15-5-11-6-16(2,8-15)10-17(7-11,9-15)14-18-4-3-12(19-14)13(20)21/h3-4,11H,5-10H2,1-2H3,(H,20,21). The molecule has 0 amide bonds. The molecular formula is C17H22N2O2. The molecule has 0 spiro atoms. The van der Waals surface area contributed by atoms with Crippen molar-refractivity contribution in [1.29, 1.82) is 0 Å². The minimum atomic E-state index is -0.958. The molecule has 0 aliphatic heterocycles. The molecule has 5 rings (SSSR count). The molecule has 0 aromatic carbocycles. The molecule has 2 atom stereocenters. The van der Waals surface area contributed by atoms with Crippen LogP contribution in [0.5, 0.6) is 0 Å². The maximum absolute atomic E-state index is 11.2. The van der Waals surface area contributed by atoms with Gasteiger partial charge in [-0.05, 0) is 61.3 Å². The molecule has 1 N–H and O–H groups in total. The Morgan fingerprint density at radius 3 is 2.43 bits per heavy atom. The Labute approximate surface area is 125 Å². The van der Waals surface area contributed by atoms with Crippen molar-refractivity contribution < 1.29 is 9.90 Å². The summed E-state index contributed by atoms with van der Waals surface area (Å²) in [6, 6.07) is 1.50. The quantitative estimate of drug-likeness (QED) is 0.904. The smallest absolute Gasteiger partial charge is 0.354 e. The van der Waals surface area contributed by atoms with Gasteiger partial charge in [0.15, 0.2) is 5.69 Å². The fourth-order valence-electron chi connectivity index (χ4n) is 6.43. The van der Waals surface area contributed by atoms with Crippen LogP contribution in [-0.2, 0) is 5.41 Å². The van der Waals surface area contributed by atoms with E-state index >= 15 is 0 Å². The first-order valence-electron chi connectivity index (χ1n) is 7.89. The molecule has 2 unspecified atom stereocenters. The highest BCUT2D eigenvalue weighted by Crippen LogP contribution is 2.69. The van der Waals surface area contributed by atoms with Crippen LogP contribution in [-0.4, -0.2) is 21.0 Å². The molecule has 0 saturated heterocycles. The van der Waals surface area contributed by atoms with E-state index < -0.39 is 5.97 Å². The Bertz CT molecular complexity index is 609. The Hall–Kier alpha value is -1.45. The first kappa shape index (κ1) is 13.2. The molecule has 1 aromatic rings. The van der Waals surface area contributed by atoms with E-state index in [4.69, 9.17) is 0 Å². The van der Waals surface area contributed by atoms with Crippen molar-refractivity contribution in [1.82, 2.24) is 9.97 Å². The average Bonchev–Trinajstić information content (AvgIpc) is 2.34. The van der Waals surface area contributed by atoms with Gasteiger partial charge in [-0.15, -0.1) is 0 Å². The molecule has 4 aliphatic rings. The average molecular weight is 286 g/mol. The maximum Gasteiger partial charge on any atom is 0.354 e. The molecular weight excluding hydrogens is 264 g/mol. The zero-order chi connectivity index (χ0) is 14.9. The van der Waals surface area contributed by atoms with Gasteiger partial charge in [-0.25, -0.2) is 14.8 Å². The summed E-state index contributed by atoms with van der Waals surface area (Å²) >= 11 is 0. The van der Waals surface area contributed by atoms with Crippen LogP contribution >= 0.6 is 0 Å². The molecule has 4 fully saturated rings. The number of aromatic carboxylic acids is 1. The number of carboxylic acids is 1. The summed E-state index contributed by atoms with van der Waals surface area (Å²) < 4.78 is 0. The molecule has 1 heterocycles. The number of hydrogen-bond donors (Lipinski definition) is 1. The van der Waals surface area contributed by atoms with Crippen molar-refractivity contribution in [3.8, 4) is 0 Å². The lowest BCUT2D eigenvalue weighted by atomic mass is 9.40. The van der Waals surface area contributed by atoms with E-state index in [0.717, 1.165) is 31.0 Å². The number of aromatic nitrogens is 2. The van der Waals surface area contributed by atoms with E-state index in [-0.39, 0.29) is 11.1 Å². The number of carboxylic acid groups (broad SMARTS) is 1. The van der Waals surface area contributed by atoms with Crippen LogP contribution in [0, 0.1) is 16.7 Å². The highest BCUT2D eigenvalue weighted by Gasteiger charge is 2.61. The number of carbonyl (C=O) groups is 1. The molecule has 4 heteroatoms. The first-order chi connectivity index (χ1) is 9.82. The van der Waals surface area contributed by atoms with E-state index in [1.165, 1.54) is 25.3 Å². The second kappa shape index (κ2) is 3.84. The summed E-state index contributed by atoms with van der Waals surface area (Å²) in [5.74, 6) is 0.582. The fourth-order valence-corrected chi connectivity index (χ4v) is 6.43. The Kier molecular flexibility index (Phi) is 2.42. The van der Waals surface area contributed by atoms with E-state index in [2.05, 4.69) is 23.8 Å². The van der Waals surface area contributed by atoms with Crippen LogP contribution in [0.25, 0.3) is 0 Å². The van der Waals surface area contributed by atoms with Crippen LogP contribution in [0.15, 0.2) is 12.3 Å². The van der Waals surface area contributed by atoms with Crippen molar-refractivity contribution in [2.24, 2.45) is 16.7 Å². The van der Waals surface area contributed by atoms with Gasteiger partial charge in [0.05, 0.1) is 0 Å². The number of nitrogens with zero attached hydrogens (tertiary/aromatic N) is 2. The van der Waals surface area contributed by atoms with Crippen molar-refractivity contribution in [2.75, 3.05) is 0 Å². The highest BCUT2D eigenvalue weighted by molar-refractivity contribution is 5.85. The molecule has 0 radical (unpaired) electrons. The van der Waals surface area contributed by atoms with Gasteiger partial charge in [0.2, 0.25) is 0 Å². The second-order valence-electron chi connectivity index (χ2n) is 8.48. The normalized spacial score (nSPS) is 44.0. The van der Waals surface area contributed by atoms with Crippen molar-refractivity contribution >= 4 is 5.97 Å². The summed E-state index contributed by atoms with van der Waals surface area (Å²) in [7, 11) is 0. The SMILES string of the molecule is CC12CC3CC(C)(C1)CC(c1nccc(C(=O)O)n1)(C3)C2. The summed E-state index contributed by atoms with van der Waals surface area (Å²) in [5, 5.41) is 9.20. The Morgan fingerprint density at radius 2 is 1.86 bits per heavy atom. The van der Waals surface area contributed by atoms with Crippen molar-refractivity contribution in [3.05, 3.63) is 23.8 Å². The van der Waals surface area contributed by atoms with E-state index in [0.29, 0.717) is 10.8 Å². The van der Waals surface area contributed by atoms with Gasteiger partial charge in [0.25, 0.3) is 0 Å². The van der Waals surface area contributed by atoms with Crippen LogP contribution in [0.2, 0.25) is 0 Å². The topological polar surface area (TPSA) is 63.1 Å². The first-order valence-corrected chi connectivity index (χ1v) is 7.89. The Morgan fingerprint density at radius 1 is 1.19 bits per heavy atom. The molecule has 4 nitrogen and oxygen atoms in total. The van der Waals surface area contributed by atoms with Gasteiger partial charge in [-0.2, -0.15) is 0 Å². The van der Waals surface area contributed by atoms with Crippen molar-refractivity contribution in [2.45, 2.75) is 57.8 Å². The fraction of sp³-hybridized carbons (Fsp3) is 0.706. The highest BCUT2D eigenvalue weighted by atomic mass is 16.4. The summed E-state index contributed by atoms with van der Waals surface area (Å²) in [4.78, 5) is 20.1. The van der Waals surface area contributed by atoms with Crippen LogP contribution < -0.4 is 0 Å². The van der Waals surface area contributed by atoms with E-state index in [1.807, 2.05) is 0 Å². The Balaban J connectivity index is 1.81. The summed E-state index contributed by atoms with van der Waals surface area (Å²) in [6.07, 6.45) is 8.95. The zero-order valence-electron chi connectivity index (χ0n) is 12.7. The van der Waals surface area contributed by atoms with E-state index in [1.54, 1.807) is 6.20 Å². The lowest BCUT2D eigenvalue weighted by molar-refractivity contribution is -0.112. The van der Waals surface area contributed by atoms with Gasteiger partial charge in [0.1, 0.15) is 5.82 Å². The molecule has 4 bridgehead atoms. The lowest BCUT2D eigenvalue weighted by Crippen LogP contribution is -2.57. The number of rotatable bonds is 2. The molecule has 1 aromatic heterocycles.